The van der Waals surface area contributed by atoms with Crippen LogP contribution >= 0.6 is 0 Å². The van der Waals surface area contributed by atoms with Gasteiger partial charge in [0.25, 0.3) is 0 Å². The second-order valence-corrected chi connectivity index (χ2v) is 9.95. The van der Waals surface area contributed by atoms with E-state index in [2.05, 4.69) is 55.2 Å². The van der Waals surface area contributed by atoms with Crippen molar-refractivity contribution in [3.63, 3.8) is 0 Å². The summed E-state index contributed by atoms with van der Waals surface area (Å²) in [5, 5.41) is 4.16. The summed E-state index contributed by atoms with van der Waals surface area (Å²) < 4.78 is 11.0. The topological polar surface area (TPSA) is 68.5 Å². The number of carbonyl (C=O) groups is 1. The maximum atomic E-state index is 12.2. The molecule has 1 aliphatic heterocycles. The van der Waals surface area contributed by atoms with Gasteiger partial charge in [0, 0.05) is 25.1 Å². The summed E-state index contributed by atoms with van der Waals surface area (Å²) in [7, 11) is 0. The minimum atomic E-state index is -0.459. The Kier molecular flexibility index (Phi) is 6.01. The normalized spacial score (nSPS) is 16.1. The van der Waals surface area contributed by atoms with Crippen LogP contribution in [0.4, 0.5) is 4.79 Å². The highest BCUT2D eigenvalue weighted by Gasteiger charge is 2.28. The van der Waals surface area contributed by atoms with Crippen LogP contribution in [0.3, 0.4) is 0 Å². The quantitative estimate of drug-likeness (QED) is 0.707. The van der Waals surface area contributed by atoms with Crippen molar-refractivity contribution in [2.45, 2.75) is 71.8 Å². The summed E-state index contributed by atoms with van der Waals surface area (Å²) in [4.78, 5) is 18.6. The molecule has 1 amide bonds. The average Bonchev–Trinajstić information content (AvgIpc) is 3.09. The zero-order chi connectivity index (χ0) is 21.2. The Bertz CT molecular complexity index is 820. The van der Waals surface area contributed by atoms with Crippen LogP contribution in [0, 0.1) is 5.92 Å². The van der Waals surface area contributed by atoms with E-state index in [-0.39, 0.29) is 11.5 Å². The Morgan fingerprint density at radius 2 is 1.72 bits per heavy atom. The van der Waals surface area contributed by atoms with Gasteiger partial charge in [0.05, 0.1) is 0 Å². The van der Waals surface area contributed by atoms with Gasteiger partial charge in [0.1, 0.15) is 5.60 Å². The number of likely N-dealkylation sites (tertiary alicyclic amines) is 1. The van der Waals surface area contributed by atoms with Crippen LogP contribution in [0.5, 0.6) is 0 Å². The molecule has 0 spiro atoms. The molecule has 0 N–H and O–H groups in total. The number of hydrogen-bond acceptors (Lipinski definition) is 5. The Morgan fingerprint density at radius 1 is 1.10 bits per heavy atom. The Labute approximate surface area is 173 Å². The van der Waals surface area contributed by atoms with E-state index in [1.165, 1.54) is 5.56 Å². The summed E-state index contributed by atoms with van der Waals surface area (Å²) in [6.07, 6.45) is 2.35. The molecular formula is C23H33N3O3. The fraction of sp³-hybridized carbons (Fsp3) is 0.609. The summed E-state index contributed by atoms with van der Waals surface area (Å²) in [5.74, 6) is 1.73. The summed E-state index contributed by atoms with van der Waals surface area (Å²) >= 11 is 0. The van der Waals surface area contributed by atoms with E-state index in [1.807, 2.05) is 20.8 Å². The van der Waals surface area contributed by atoms with Gasteiger partial charge in [-0.25, -0.2) is 4.79 Å². The fourth-order valence-corrected chi connectivity index (χ4v) is 3.47. The van der Waals surface area contributed by atoms with Gasteiger partial charge in [-0.05, 0) is 50.5 Å². The zero-order valence-electron chi connectivity index (χ0n) is 18.5. The van der Waals surface area contributed by atoms with Crippen molar-refractivity contribution in [1.82, 2.24) is 15.0 Å². The lowest BCUT2D eigenvalue weighted by Gasteiger charge is -2.33. The third-order valence-electron chi connectivity index (χ3n) is 5.21. The number of nitrogens with zero attached hydrogens (tertiary/aromatic N) is 3. The van der Waals surface area contributed by atoms with Gasteiger partial charge < -0.3 is 14.2 Å². The molecule has 1 aliphatic rings. The van der Waals surface area contributed by atoms with Crippen molar-refractivity contribution in [1.29, 1.82) is 0 Å². The van der Waals surface area contributed by atoms with Gasteiger partial charge >= 0.3 is 6.09 Å². The van der Waals surface area contributed by atoms with Crippen molar-refractivity contribution in [2.75, 3.05) is 13.1 Å². The molecule has 1 aromatic carbocycles. The molecule has 0 unspecified atom stereocenters. The molecule has 0 radical (unpaired) electrons. The largest absolute Gasteiger partial charge is 0.444 e. The molecule has 29 heavy (non-hydrogen) atoms. The van der Waals surface area contributed by atoms with Gasteiger partial charge in [0.15, 0.2) is 0 Å². The van der Waals surface area contributed by atoms with Crippen molar-refractivity contribution < 1.29 is 14.1 Å². The second kappa shape index (κ2) is 8.17. The minimum absolute atomic E-state index is 0.120. The SMILES string of the molecule is CC(C)(C)OC(=O)N1CCC(Cc2nc(-c3ccc(C(C)(C)C)cc3)no2)CC1. The number of amides is 1. The van der Waals surface area contributed by atoms with Crippen LogP contribution in [-0.2, 0) is 16.6 Å². The Hall–Kier alpha value is -2.37. The summed E-state index contributed by atoms with van der Waals surface area (Å²) in [6.45, 7) is 13.7. The average molecular weight is 400 g/mol. The number of ether oxygens (including phenoxy) is 1. The molecule has 0 bridgehead atoms. The molecule has 2 aromatic rings. The molecule has 6 nitrogen and oxygen atoms in total. The molecule has 1 aromatic heterocycles. The van der Waals surface area contributed by atoms with E-state index in [4.69, 9.17) is 9.26 Å². The third kappa shape index (κ3) is 5.81. The summed E-state index contributed by atoms with van der Waals surface area (Å²) in [5.41, 5.74) is 1.91. The predicted octanol–water partition coefficient (Wildman–Crippen LogP) is 5.22. The molecular weight excluding hydrogens is 366 g/mol. The molecule has 158 valence electrons. The van der Waals surface area contributed by atoms with Gasteiger partial charge in [-0.3, -0.25) is 0 Å². The number of benzene rings is 1. The van der Waals surface area contributed by atoms with E-state index in [1.54, 1.807) is 4.90 Å². The first-order valence-electron chi connectivity index (χ1n) is 10.4. The zero-order valence-corrected chi connectivity index (χ0v) is 18.5. The monoisotopic (exact) mass is 399 g/mol. The third-order valence-corrected chi connectivity index (χ3v) is 5.21. The molecule has 1 saturated heterocycles. The van der Waals surface area contributed by atoms with Crippen LogP contribution in [0.2, 0.25) is 0 Å². The maximum Gasteiger partial charge on any atom is 0.410 e. The van der Waals surface area contributed by atoms with Gasteiger partial charge in [-0.1, -0.05) is 50.2 Å². The molecule has 0 saturated carbocycles. The van der Waals surface area contributed by atoms with Crippen molar-refractivity contribution in [3.8, 4) is 11.4 Å². The van der Waals surface area contributed by atoms with Crippen molar-refractivity contribution in [2.24, 2.45) is 5.92 Å². The molecule has 2 heterocycles. The molecule has 0 atom stereocenters. The van der Waals surface area contributed by atoms with Crippen molar-refractivity contribution >= 4 is 6.09 Å². The van der Waals surface area contributed by atoms with E-state index in [9.17, 15) is 4.79 Å². The predicted molar refractivity (Wildman–Crippen MR) is 113 cm³/mol. The fourth-order valence-electron chi connectivity index (χ4n) is 3.47. The van der Waals surface area contributed by atoms with Gasteiger partial charge in [-0.15, -0.1) is 0 Å². The van der Waals surface area contributed by atoms with Gasteiger partial charge in [0.2, 0.25) is 11.7 Å². The van der Waals surface area contributed by atoms with Crippen LogP contribution in [0.1, 0.15) is 65.8 Å². The highest BCUT2D eigenvalue weighted by molar-refractivity contribution is 5.68. The first kappa shape index (κ1) is 21.3. The highest BCUT2D eigenvalue weighted by atomic mass is 16.6. The minimum Gasteiger partial charge on any atom is -0.444 e. The lowest BCUT2D eigenvalue weighted by Crippen LogP contribution is -2.42. The molecule has 1 fully saturated rings. The summed E-state index contributed by atoms with van der Waals surface area (Å²) in [6, 6.07) is 8.35. The maximum absolute atomic E-state index is 12.2. The van der Waals surface area contributed by atoms with Crippen LogP contribution < -0.4 is 0 Å². The highest BCUT2D eigenvalue weighted by Crippen LogP contribution is 2.26. The van der Waals surface area contributed by atoms with Crippen LogP contribution in [0.25, 0.3) is 11.4 Å². The van der Waals surface area contributed by atoms with E-state index in [0.29, 0.717) is 30.7 Å². The van der Waals surface area contributed by atoms with Crippen molar-refractivity contribution in [3.05, 3.63) is 35.7 Å². The molecule has 6 heteroatoms. The second-order valence-electron chi connectivity index (χ2n) is 9.95. The smallest absolute Gasteiger partial charge is 0.410 e. The number of hydrogen-bond donors (Lipinski definition) is 0. The van der Waals surface area contributed by atoms with E-state index in [0.717, 1.165) is 24.8 Å². The first-order chi connectivity index (χ1) is 13.5. The number of rotatable bonds is 3. The van der Waals surface area contributed by atoms with Crippen LogP contribution in [0.15, 0.2) is 28.8 Å². The van der Waals surface area contributed by atoms with Crippen LogP contribution in [-0.4, -0.2) is 39.8 Å². The van der Waals surface area contributed by atoms with E-state index < -0.39 is 5.60 Å². The molecule has 3 rings (SSSR count). The number of aromatic nitrogens is 2. The number of carbonyl (C=O) groups excluding carboxylic acids is 1. The van der Waals surface area contributed by atoms with Gasteiger partial charge in [-0.2, -0.15) is 4.98 Å². The standard InChI is InChI=1S/C23H33N3O3/c1-22(2,3)18-9-7-17(8-10-18)20-24-19(29-25-20)15-16-11-13-26(14-12-16)21(27)28-23(4,5)6/h7-10,16H,11-15H2,1-6H3. The lowest BCUT2D eigenvalue weighted by atomic mass is 9.87. The Balaban J connectivity index is 1.54. The first-order valence-corrected chi connectivity index (χ1v) is 10.4. The number of piperidine rings is 1. The van der Waals surface area contributed by atoms with E-state index >= 15 is 0 Å². The lowest BCUT2D eigenvalue weighted by molar-refractivity contribution is 0.0182. The Morgan fingerprint density at radius 3 is 2.28 bits per heavy atom. The molecule has 0 aliphatic carbocycles.